The van der Waals surface area contributed by atoms with Crippen LogP contribution in [0.5, 0.6) is 0 Å². The number of hydrogen-bond acceptors (Lipinski definition) is 2. The average molecular weight is 278 g/mol. The number of benzene rings is 1. The van der Waals surface area contributed by atoms with Crippen molar-refractivity contribution in [2.75, 3.05) is 13.1 Å². The van der Waals surface area contributed by atoms with Crippen molar-refractivity contribution in [3.8, 4) is 0 Å². The van der Waals surface area contributed by atoms with Crippen molar-refractivity contribution in [1.82, 2.24) is 4.90 Å². The zero-order valence-electron chi connectivity index (χ0n) is 12.7. The first-order chi connectivity index (χ1) is 9.65. The molecule has 0 bridgehead atoms. The molecule has 2 N–H and O–H groups in total. The van der Waals surface area contributed by atoms with Gasteiger partial charge in [-0.1, -0.05) is 25.8 Å². The summed E-state index contributed by atoms with van der Waals surface area (Å²) in [7, 11) is 0. The van der Waals surface area contributed by atoms with Gasteiger partial charge in [-0.3, -0.25) is 4.90 Å². The zero-order chi connectivity index (χ0) is 14.5. The third kappa shape index (κ3) is 3.58. The summed E-state index contributed by atoms with van der Waals surface area (Å²) in [5, 5.41) is 0. The van der Waals surface area contributed by atoms with Crippen molar-refractivity contribution < 1.29 is 4.39 Å². The van der Waals surface area contributed by atoms with Gasteiger partial charge in [-0.25, -0.2) is 4.39 Å². The number of rotatable bonds is 5. The number of nitrogens with two attached hydrogens (primary N) is 1. The third-order valence-corrected chi connectivity index (χ3v) is 4.72. The number of halogens is 1. The highest BCUT2D eigenvalue weighted by Crippen LogP contribution is 2.29. The molecule has 0 amide bonds. The van der Waals surface area contributed by atoms with Crippen LogP contribution in [0.15, 0.2) is 18.2 Å². The first kappa shape index (κ1) is 15.5. The Morgan fingerprint density at radius 1 is 1.30 bits per heavy atom. The Labute approximate surface area is 122 Å². The van der Waals surface area contributed by atoms with E-state index in [0.29, 0.717) is 12.0 Å². The van der Waals surface area contributed by atoms with Crippen LogP contribution in [0.2, 0.25) is 0 Å². The summed E-state index contributed by atoms with van der Waals surface area (Å²) < 4.78 is 13.2. The molecule has 0 radical (unpaired) electrons. The summed E-state index contributed by atoms with van der Waals surface area (Å²) in [4.78, 5) is 2.52. The monoisotopic (exact) mass is 278 g/mol. The van der Waals surface area contributed by atoms with Crippen molar-refractivity contribution in [1.29, 1.82) is 0 Å². The summed E-state index contributed by atoms with van der Waals surface area (Å²) in [6, 6.07) is 5.71. The number of hydrogen-bond donors (Lipinski definition) is 1. The lowest BCUT2D eigenvalue weighted by atomic mass is 9.83. The molecule has 0 heterocycles. The van der Waals surface area contributed by atoms with Gasteiger partial charge in [0.15, 0.2) is 0 Å². The Morgan fingerprint density at radius 2 is 2.05 bits per heavy atom. The Balaban J connectivity index is 2.11. The molecule has 1 aromatic carbocycles. The summed E-state index contributed by atoms with van der Waals surface area (Å²) in [5.74, 6) is 0.469. The maximum atomic E-state index is 13.2. The fraction of sp³-hybridized carbons (Fsp3) is 0.647. The van der Waals surface area contributed by atoms with Gasteiger partial charge in [0.25, 0.3) is 0 Å². The molecule has 0 saturated heterocycles. The second-order valence-electron chi connectivity index (χ2n) is 5.98. The van der Waals surface area contributed by atoms with Crippen LogP contribution in [0.3, 0.4) is 0 Å². The molecule has 2 unspecified atom stereocenters. The molecule has 0 aromatic heterocycles. The molecule has 3 heteroatoms. The normalized spacial score (nSPS) is 23.2. The highest BCUT2D eigenvalue weighted by molar-refractivity contribution is 5.26. The van der Waals surface area contributed by atoms with E-state index in [4.69, 9.17) is 5.73 Å². The Kier molecular flexibility index (Phi) is 5.55. The molecule has 2 atom stereocenters. The second kappa shape index (κ2) is 7.19. The van der Waals surface area contributed by atoms with Crippen molar-refractivity contribution in [3.05, 3.63) is 35.1 Å². The quantitative estimate of drug-likeness (QED) is 0.893. The van der Waals surface area contributed by atoms with Gasteiger partial charge in [-0.15, -0.1) is 0 Å². The van der Waals surface area contributed by atoms with Crippen LogP contribution < -0.4 is 5.73 Å². The smallest absolute Gasteiger partial charge is 0.123 e. The average Bonchev–Trinajstić information content (AvgIpc) is 2.46. The predicted molar refractivity (Wildman–Crippen MR) is 82.0 cm³/mol. The van der Waals surface area contributed by atoms with E-state index in [1.54, 1.807) is 12.1 Å². The van der Waals surface area contributed by atoms with Gasteiger partial charge in [0.1, 0.15) is 5.82 Å². The Bertz CT molecular complexity index is 433. The molecule has 0 spiro atoms. The first-order valence-electron chi connectivity index (χ1n) is 7.84. The van der Waals surface area contributed by atoms with Crippen LogP contribution in [-0.2, 0) is 6.54 Å². The minimum absolute atomic E-state index is 0.146. The van der Waals surface area contributed by atoms with Crippen LogP contribution in [0.4, 0.5) is 4.39 Å². The molecular formula is C17H27FN2. The molecule has 1 aliphatic rings. The van der Waals surface area contributed by atoms with Gasteiger partial charge in [-0.2, -0.15) is 0 Å². The van der Waals surface area contributed by atoms with Crippen molar-refractivity contribution in [3.63, 3.8) is 0 Å². The lowest BCUT2D eigenvalue weighted by Crippen LogP contribution is -2.44. The van der Waals surface area contributed by atoms with Crippen molar-refractivity contribution >= 4 is 0 Å². The predicted octanol–water partition coefficient (Wildman–Crippen LogP) is 3.47. The maximum absolute atomic E-state index is 13.2. The zero-order valence-corrected chi connectivity index (χ0v) is 12.7. The van der Waals surface area contributed by atoms with E-state index in [0.717, 1.165) is 25.2 Å². The minimum Gasteiger partial charge on any atom is -0.330 e. The lowest BCUT2D eigenvalue weighted by molar-refractivity contribution is 0.105. The fourth-order valence-electron chi connectivity index (χ4n) is 3.46. The second-order valence-corrected chi connectivity index (χ2v) is 5.98. The molecule has 1 fully saturated rings. The van der Waals surface area contributed by atoms with Gasteiger partial charge in [0, 0.05) is 12.6 Å². The van der Waals surface area contributed by atoms with E-state index in [1.165, 1.54) is 31.2 Å². The number of aryl methyl sites for hydroxylation is 1. The molecule has 1 aliphatic carbocycles. The maximum Gasteiger partial charge on any atom is 0.123 e. The molecule has 1 aromatic rings. The Morgan fingerprint density at radius 3 is 2.70 bits per heavy atom. The SMILES string of the molecule is CCN(Cc1ccc(F)cc1C)C1CCCCC1CN. The van der Waals surface area contributed by atoms with Crippen LogP contribution in [0.25, 0.3) is 0 Å². The standard InChI is InChI=1S/C17H27FN2/c1-3-20(17-7-5-4-6-14(17)11-19)12-15-8-9-16(18)10-13(15)2/h8-10,14,17H,3-7,11-12,19H2,1-2H3. The van der Waals surface area contributed by atoms with E-state index in [-0.39, 0.29) is 5.82 Å². The topological polar surface area (TPSA) is 29.3 Å². The van der Waals surface area contributed by atoms with E-state index in [9.17, 15) is 4.39 Å². The van der Waals surface area contributed by atoms with Gasteiger partial charge >= 0.3 is 0 Å². The molecular weight excluding hydrogens is 251 g/mol. The van der Waals surface area contributed by atoms with Crippen molar-refractivity contribution in [2.24, 2.45) is 11.7 Å². The lowest BCUT2D eigenvalue weighted by Gasteiger charge is -2.39. The summed E-state index contributed by atoms with van der Waals surface area (Å²) in [6.45, 7) is 6.92. The Hall–Kier alpha value is -0.930. The van der Waals surface area contributed by atoms with Crippen LogP contribution in [-0.4, -0.2) is 24.0 Å². The van der Waals surface area contributed by atoms with E-state index in [2.05, 4.69) is 11.8 Å². The molecule has 1 saturated carbocycles. The summed E-state index contributed by atoms with van der Waals surface area (Å²) in [5.41, 5.74) is 8.23. The number of nitrogens with zero attached hydrogens (tertiary/aromatic N) is 1. The van der Waals surface area contributed by atoms with E-state index < -0.39 is 0 Å². The summed E-state index contributed by atoms with van der Waals surface area (Å²) >= 11 is 0. The van der Waals surface area contributed by atoms with Gasteiger partial charge in [-0.05, 0) is 62.0 Å². The van der Waals surface area contributed by atoms with Crippen LogP contribution in [0, 0.1) is 18.7 Å². The highest BCUT2D eigenvalue weighted by atomic mass is 19.1. The van der Waals surface area contributed by atoms with Crippen LogP contribution >= 0.6 is 0 Å². The molecule has 2 nitrogen and oxygen atoms in total. The fourth-order valence-corrected chi connectivity index (χ4v) is 3.46. The van der Waals surface area contributed by atoms with Crippen molar-refractivity contribution in [2.45, 2.75) is 52.1 Å². The molecule has 112 valence electrons. The van der Waals surface area contributed by atoms with Gasteiger partial charge in [0.05, 0.1) is 0 Å². The third-order valence-electron chi connectivity index (χ3n) is 4.72. The van der Waals surface area contributed by atoms with Gasteiger partial charge < -0.3 is 5.73 Å². The van der Waals surface area contributed by atoms with E-state index in [1.807, 2.05) is 13.0 Å². The molecule has 2 rings (SSSR count). The van der Waals surface area contributed by atoms with E-state index >= 15 is 0 Å². The largest absolute Gasteiger partial charge is 0.330 e. The molecule has 20 heavy (non-hydrogen) atoms. The summed E-state index contributed by atoms with van der Waals surface area (Å²) in [6.07, 6.45) is 5.11. The van der Waals surface area contributed by atoms with Crippen LogP contribution in [0.1, 0.15) is 43.7 Å². The van der Waals surface area contributed by atoms with Gasteiger partial charge in [0.2, 0.25) is 0 Å². The highest BCUT2D eigenvalue weighted by Gasteiger charge is 2.28. The molecule has 0 aliphatic heterocycles. The minimum atomic E-state index is -0.146. The first-order valence-corrected chi connectivity index (χ1v) is 7.84.